The van der Waals surface area contributed by atoms with E-state index >= 15 is 0 Å². The van der Waals surface area contributed by atoms with Gasteiger partial charge < -0.3 is 10.6 Å². The molecule has 1 amide bonds. The number of carbonyl (C=O) groups is 1. The highest BCUT2D eigenvalue weighted by Crippen LogP contribution is 2.12. The summed E-state index contributed by atoms with van der Waals surface area (Å²) in [5.41, 5.74) is 2.98. The second-order valence-corrected chi connectivity index (χ2v) is 4.97. The Hall–Kier alpha value is -2.43. The fourth-order valence-corrected chi connectivity index (χ4v) is 1.92. The molecule has 0 aliphatic heterocycles. The van der Waals surface area contributed by atoms with Crippen molar-refractivity contribution < 1.29 is 4.79 Å². The summed E-state index contributed by atoms with van der Waals surface area (Å²) in [6.07, 6.45) is 0.974. The van der Waals surface area contributed by atoms with Crippen LogP contribution in [-0.2, 0) is 0 Å². The van der Waals surface area contributed by atoms with Gasteiger partial charge in [-0.05, 0) is 44.0 Å². The van der Waals surface area contributed by atoms with Gasteiger partial charge in [0, 0.05) is 17.9 Å². The molecule has 0 radical (unpaired) electrons. The van der Waals surface area contributed by atoms with E-state index in [4.69, 9.17) is 0 Å². The molecular weight excluding hydrogens is 264 g/mol. The Labute approximate surface area is 124 Å². The molecule has 5 nitrogen and oxygen atoms in total. The molecule has 1 heterocycles. The SMILES string of the molecule is CCCNc1nc(C)cc(C(=O)Nc2cccc(C)c2)n1. The van der Waals surface area contributed by atoms with Crippen LogP contribution in [0.25, 0.3) is 0 Å². The van der Waals surface area contributed by atoms with Crippen molar-refractivity contribution >= 4 is 17.5 Å². The fraction of sp³-hybridized carbons (Fsp3) is 0.312. The Balaban J connectivity index is 2.16. The summed E-state index contributed by atoms with van der Waals surface area (Å²) in [5, 5.41) is 5.95. The number of amides is 1. The number of aromatic nitrogens is 2. The van der Waals surface area contributed by atoms with Gasteiger partial charge in [0.25, 0.3) is 5.91 Å². The number of anilines is 2. The van der Waals surface area contributed by atoms with Crippen LogP contribution in [0.15, 0.2) is 30.3 Å². The molecule has 2 rings (SSSR count). The van der Waals surface area contributed by atoms with E-state index in [1.807, 2.05) is 38.1 Å². The summed E-state index contributed by atoms with van der Waals surface area (Å²) in [4.78, 5) is 20.8. The molecular formula is C16H20N4O. The Morgan fingerprint density at radius 2 is 2.00 bits per heavy atom. The molecule has 0 aliphatic rings. The van der Waals surface area contributed by atoms with E-state index < -0.39 is 0 Å². The van der Waals surface area contributed by atoms with E-state index in [0.717, 1.165) is 29.9 Å². The molecule has 0 spiro atoms. The van der Waals surface area contributed by atoms with E-state index in [2.05, 4.69) is 27.5 Å². The van der Waals surface area contributed by atoms with Crippen LogP contribution in [-0.4, -0.2) is 22.4 Å². The maximum atomic E-state index is 12.3. The second-order valence-electron chi connectivity index (χ2n) is 4.97. The zero-order valence-corrected chi connectivity index (χ0v) is 12.6. The molecule has 0 unspecified atom stereocenters. The normalized spacial score (nSPS) is 10.2. The first-order chi connectivity index (χ1) is 10.1. The molecule has 0 fully saturated rings. The Morgan fingerprint density at radius 3 is 2.71 bits per heavy atom. The van der Waals surface area contributed by atoms with Crippen LogP contribution in [0.3, 0.4) is 0 Å². The first-order valence-electron chi connectivity index (χ1n) is 7.06. The lowest BCUT2D eigenvalue weighted by molar-refractivity contribution is 0.102. The van der Waals surface area contributed by atoms with Gasteiger partial charge in [0.2, 0.25) is 5.95 Å². The van der Waals surface area contributed by atoms with Gasteiger partial charge in [0.05, 0.1) is 0 Å². The number of aryl methyl sites for hydroxylation is 2. The standard InChI is InChI=1S/C16H20N4O/c1-4-8-17-16-18-12(3)10-14(20-16)15(21)19-13-7-5-6-11(2)9-13/h5-7,9-10H,4,8H2,1-3H3,(H,19,21)(H,17,18,20). The Kier molecular flexibility index (Phi) is 4.87. The molecule has 2 N–H and O–H groups in total. The third-order valence-electron chi connectivity index (χ3n) is 2.90. The van der Waals surface area contributed by atoms with Gasteiger partial charge in [-0.25, -0.2) is 9.97 Å². The molecule has 2 aromatic rings. The van der Waals surface area contributed by atoms with Gasteiger partial charge in [0.1, 0.15) is 5.69 Å². The number of carbonyl (C=O) groups excluding carboxylic acids is 1. The zero-order chi connectivity index (χ0) is 15.2. The second kappa shape index (κ2) is 6.83. The molecule has 0 bridgehead atoms. The number of hydrogen-bond donors (Lipinski definition) is 2. The van der Waals surface area contributed by atoms with Gasteiger partial charge >= 0.3 is 0 Å². The number of benzene rings is 1. The lowest BCUT2D eigenvalue weighted by atomic mass is 10.2. The molecule has 21 heavy (non-hydrogen) atoms. The third-order valence-corrected chi connectivity index (χ3v) is 2.90. The summed E-state index contributed by atoms with van der Waals surface area (Å²) in [6.45, 7) is 6.68. The van der Waals surface area contributed by atoms with E-state index in [1.165, 1.54) is 0 Å². The molecule has 0 saturated carbocycles. The monoisotopic (exact) mass is 284 g/mol. The minimum Gasteiger partial charge on any atom is -0.354 e. The van der Waals surface area contributed by atoms with Gasteiger partial charge in [-0.3, -0.25) is 4.79 Å². The summed E-state index contributed by atoms with van der Waals surface area (Å²) < 4.78 is 0. The van der Waals surface area contributed by atoms with E-state index in [1.54, 1.807) is 6.07 Å². The number of nitrogens with one attached hydrogen (secondary N) is 2. The van der Waals surface area contributed by atoms with Crippen molar-refractivity contribution in [1.29, 1.82) is 0 Å². The highest BCUT2D eigenvalue weighted by molar-refractivity contribution is 6.03. The largest absolute Gasteiger partial charge is 0.354 e. The third kappa shape index (κ3) is 4.27. The molecule has 5 heteroatoms. The molecule has 0 atom stereocenters. The van der Waals surface area contributed by atoms with Crippen molar-refractivity contribution in [2.24, 2.45) is 0 Å². The average molecular weight is 284 g/mol. The summed E-state index contributed by atoms with van der Waals surface area (Å²) in [6, 6.07) is 9.35. The first kappa shape index (κ1) is 15.0. The van der Waals surface area contributed by atoms with Crippen molar-refractivity contribution in [3.8, 4) is 0 Å². The maximum absolute atomic E-state index is 12.3. The smallest absolute Gasteiger partial charge is 0.274 e. The predicted octanol–water partition coefficient (Wildman–Crippen LogP) is 3.17. The molecule has 110 valence electrons. The van der Waals surface area contributed by atoms with Crippen molar-refractivity contribution in [3.05, 3.63) is 47.3 Å². The Bertz CT molecular complexity index is 640. The van der Waals surface area contributed by atoms with E-state index in [9.17, 15) is 4.79 Å². The molecule has 0 aliphatic carbocycles. The lowest BCUT2D eigenvalue weighted by Crippen LogP contribution is -2.16. The minimum absolute atomic E-state index is 0.231. The number of nitrogens with zero attached hydrogens (tertiary/aromatic N) is 2. The van der Waals surface area contributed by atoms with Crippen molar-refractivity contribution in [2.75, 3.05) is 17.2 Å². The number of hydrogen-bond acceptors (Lipinski definition) is 4. The van der Waals surface area contributed by atoms with Crippen molar-refractivity contribution in [3.63, 3.8) is 0 Å². The van der Waals surface area contributed by atoms with Gasteiger partial charge in [0.15, 0.2) is 0 Å². The molecule has 0 saturated heterocycles. The zero-order valence-electron chi connectivity index (χ0n) is 12.6. The van der Waals surface area contributed by atoms with E-state index in [-0.39, 0.29) is 5.91 Å². The Morgan fingerprint density at radius 1 is 1.19 bits per heavy atom. The maximum Gasteiger partial charge on any atom is 0.274 e. The molecule has 1 aromatic heterocycles. The highest BCUT2D eigenvalue weighted by atomic mass is 16.1. The molecule has 1 aromatic carbocycles. The van der Waals surface area contributed by atoms with Crippen LogP contribution in [0.1, 0.15) is 35.1 Å². The van der Waals surface area contributed by atoms with Crippen LogP contribution in [0.4, 0.5) is 11.6 Å². The van der Waals surface area contributed by atoms with Gasteiger partial charge in [-0.15, -0.1) is 0 Å². The van der Waals surface area contributed by atoms with Gasteiger partial charge in [-0.2, -0.15) is 0 Å². The highest BCUT2D eigenvalue weighted by Gasteiger charge is 2.10. The van der Waals surface area contributed by atoms with Crippen LogP contribution >= 0.6 is 0 Å². The van der Waals surface area contributed by atoms with Gasteiger partial charge in [-0.1, -0.05) is 19.1 Å². The topological polar surface area (TPSA) is 66.9 Å². The lowest BCUT2D eigenvalue weighted by Gasteiger charge is -2.08. The van der Waals surface area contributed by atoms with Crippen LogP contribution in [0.2, 0.25) is 0 Å². The fourth-order valence-electron chi connectivity index (χ4n) is 1.92. The van der Waals surface area contributed by atoms with Crippen molar-refractivity contribution in [1.82, 2.24) is 9.97 Å². The predicted molar refractivity (Wildman–Crippen MR) is 84.7 cm³/mol. The first-order valence-corrected chi connectivity index (χ1v) is 7.06. The van der Waals surface area contributed by atoms with Crippen LogP contribution in [0, 0.1) is 13.8 Å². The minimum atomic E-state index is -0.231. The van der Waals surface area contributed by atoms with Crippen molar-refractivity contribution in [2.45, 2.75) is 27.2 Å². The quantitative estimate of drug-likeness (QED) is 0.885. The van der Waals surface area contributed by atoms with E-state index in [0.29, 0.717) is 11.6 Å². The van der Waals surface area contributed by atoms with Crippen LogP contribution < -0.4 is 10.6 Å². The van der Waals surface area contributed by atoms with Crippen LogP contribution in [0.5, 0.6) is 0 Å². The summed E-state index contributed by atoms with van der Waals surface area (Å²) in [5.74, 6) is 0.261. The average Bonchev–Trinajstić information content (AvgIpc) is 2.44. The summed E-state index contributed by atoms with van der Waals surface area (Å²) in [7, 11) is 0. The number of rotatable bonds is 5. The summed E-state index contributed by atoms with van der Waals surface area (Å²) >= 11 is 0.